The van der Waals surface area contributed by atoms with Crippen molar-refractivity contribution in [2.75, 3.05) is 39.2 Å². The summed E-state index contributed by atoms with van der Waals surface area (Å²) in [5.74, 6) is 0.902. The second-order valence-electron chi connectivity index (χ2n) is 6.66. The number of carbonyl (C=O) groups is 1. The quantitative estimate of drug-likeness (QED) is 0.547. The molecule has 1 aromatic heterocycles. The third kappa shape index (κ3) is 5.67. The molecule has 2 aromatic carbocycles. The van der Waals surface area contributed by atoms with E-state index in [2.05, 4.69) is 17.0 Å². The van der Waals surface area contributed by atoms with Crippen molar-refractivity contribution in [2.24, 2.45) is 0 Å². The van der Waals surface area contributed by atoms with E-state index >= 15 is 0 Å². The molecule has 0 saturated heterocycles. The number of likely N-dealkylation sites (N-methyl/N-ethyl adjacent to an activating group) is 1. The number of hydrogen-bond donors (Lipinski definition) is 0. The molecule has 0 saturated carbocycles. The lowest BCUT2D eigenvalue weighted by molar-refractivity contribution is -0.118. The van der Waals surface area contributed by atoms with E-state index in [0.717, 1.165) is 34.1 Å². The van der Waals surface area contributed by atoms with Crippen molar-refractivity contribution in [3.63, 3.8) is 0 Å². The molecular weight excluding hydrogens is 394 g/mol. The Balaban J connectivity index is 0.00000280. The van der Waals surface area contributed by atoms with Gasteiger partial charge in [-0.05, 0) is 44.3 Å². The molecule has 3 rings (SSSR count). The number of aryl methyl sites for hydroxylation is 1. The lowest BCUT2D eigenvalue weighted by Gasteiger charge is -2.22. The van der Waals surface area contributed by atoms with Crippen LogP contribution in [0.1, 0.15) is 12.0 Å². The van der Waals surface area contributed by atoms with Crippen molar-refractivity contribution >= 4 is 45.0 Å². The summed E-state index contributed by atoms with van der Waals surface area (Å²) in [5, 5.41) is 0.748. The minimum Gasteiger partial charge on any atom is -0.497 e. The fourth-order valence-electron chi connectivity index (χ4n) is 2.79. The number of methoxy groups -OCH3 is 1. The molecule has 0 aliphatic rings. The van der Waals surface area contributed by atoms with E-state index in [1.807, 2.05) is 55.4 Å². The summed E-state index contributed by atoms with van der Waals surface area (Å²) in [5.41, 5.74) is 2.06. The van der Waals surface area contributed by atoms with Gasteiger partial charge >= 0.3 is 0 Å². The van der Waals surface area contributed by atoms with Crippen LogP contribution in [0.5, 0.6) is 5.75 Å². The van der Waals surface area contributed by atoms with Crippen molar-refractivity contribution in [3.05, 3.63) is 54.1 Å². The van der Waals surface area contributed by atoms with E-state index in [1.54, 1.807) is 7.11 Å². The van der Waals surface area contributed by atoms with Crippen LogP contribution >= 0.6 is 23.7 Å². The number of halogens is 1. The second kappa shape index (κ2) is 10.4. The highest BCUT2D eigenvalue weighted by molar-refractivity contribution is 7.22. The van der Waals surface area contributed by atoms with Crippen LogP contribution in [-0.4, -0.2) is 50.1 Å². The van der Waals surface area contributed by atoms with E-state index in [1.165, 1.54) is 16.9 Å². The normalized spacial score (nSPS) is 10.7. The molecule has 0 bridgehead atoms. The Morgan fingerprint density at radius 1 is 1.11 bits per heavy atom. The van der Waals surface area contributed by atoms with Gasteiger partial charge in [-0.2, -0.15) is 0 Å². The zero-order chi connectivity index (χ0) is 19.2. The summed E-state index contributed by atoms with van der Waals surface area (Å²) in [4.78, 5) is 21.6. The highest BCUT2D eigenvalue weighted by Crippen LogP contribution is 2.31. The first-order valence-electron chi connectivity index (χ1n) is 9.00. The van der Waals surface area contributed by atoms with E-state index in [9.17, 15) is 4.79 Å². The number of ether oxygens (including phenoxy) is 1. The van der Waals surface area contributed by atoms with Gasteiger partial charge in [0.2, 0.25) is 5.91 Å². The van der Waals surface area contributed by atoms with Gasteiger partial charge < -0.3 is 9.64 Å². The molecule has 0 aliphatic heterocycles. The van der Waals surface area contributed by atoms with Crippen molar-refractivity contribution in [1.82, 2.24) is 9.88 Å². The molecule has 28 heavy (non-hydrogen) atoms. The Labute approximate surface area is 176 Å². The number of aromatic nitrogens is 1. The molecule has 0 N–H and O–H groups in total. The summed E-state index contributed by atoms with van der Waals surface area (Å²) < 4.78 is 6.32. The molecule has 150 valence electrons. The van der Waals surface area contributed by atoms with E-state index in [0.29, 0.717) is 13.0 Å². The number of carbonyl (C=O) groups excluding carboxylic acids is 1. The lowest BCUT2D eigenvalue weighted by Crippen LogP contribution is -2.36. The average molecular weight is 420 g/mol. The van der Waals surface area contributed by atoms with E-state index < -0.39 is 0 Å². The molecule has 0 atom stereocenters. The zero-order valence-electron chi connectivity index (χ0n) is 16.4. The van der Waals surface area contributed by atoms with Crippen LogP contribution in [0.4, 0.5) is 5.13 Å². The van der Waals surface area contributed by atoms with Crippen LogP contribution in [0.15, 0.2) is 48.5 Å². The summed E-state index contributed by atoms with van der Waals surface area (Å²) >= 11 is 1.53. The lowest BCUT2D eigenvalue weighted by atomic mass is 10.1. The van der Waals surface area contributed by atoms with Crippen molar-refractivity contribution in [2.45, 2.75) is 12.8 Å². The van der Waals surface area contributed by atoms with Crippen molar-refractivity contribution < 1.29 is 9.53 Å². The van der Waals surface area contributed by atoms with Gasteiger partial charge in [-0.25, -0.2) is 4.98 Å². The third-order valence-corrected chi connectivity index (χ3v) is 5.40. The number of amides is 1. The second-order valence-corrected chi connectivity index (χ2v) is 7.67. The van der Waals surface area contributed by atoms with Crippen LogP contribution < -0.4 is 9.64 Å². The van der Waals surface area contributed by atoms with Crippen molar-refractivity contribution in [3.8, 4) is 5.75 Å². The Morgan fingerprint density at radius 2 is 1.86 bits per heavy atom. The average Bonchev–Trinajstić information content (AvgIpc) is 3.09. The summed E-state index contributed by atoms with van der Waals surface area (Å²) in [7, 11) is 5.67. The predicted molar refractivity (Wildman–Crippen MR) is 119 cm³/mol. The van der Waals surface area contributed by atoms with Gasteiger partial charge in [0.1, 0.15) is 5.75 Å². The third-order valence-electron chi connectivity index (χ3n) is 4.36. The number of anilines is 1. The Kier molecular flexibility index (Phi) is 8.23. The fourth-order valence-corrected chi connectivity index (χ4v) is 3.83. The monoisotopic (exact) mass is 419 g/mol. The molecular formula is C21H26ClN3O2S. The van der Waals surface area contributed by atoms with Gasteiger partial charge in [-0.3, -0.25) is 9.69 Å². The molecule has 0 fully saturated rings. The minimum absolute atomic E-state index is 0. The van der Waals surface area contributed by atoms with Gasteiger partial charge in [0.05, 0.1) is 17.3 Å². The minimum atomic E-state index is 0. The van der Waals surface area contributed by atoms with Crippen molar-refractivity contribution in [1.29, 1.82) is 0 Å². The molecule has 3 aromatic rings. The first-order valence-corrected chi connectivity index (χ1v) is 9.82. The van der Waals surface area contributed by atoms with Crippen LogP contribution in [0.25, 0.3) is 10.2 Å². The number of hydrogen-bond acceptors (Lipinski definition) is 5. The first kappa shape index (κ1) is 22.1. The highest BCUT2D eigenvalue weighted by atomic mass is 35.5. The number of thiazole rings is 1. The van der Waals surface area contributed by atoms with Crippen LogP contribution in [0.3, 0.4) is 0 Å². The topological polar surface area (TPSA) is 45.7 Å². The smallest absolute Gasteiger partial charge is 0.229 e. The van der Waals surface area contributed by atoms with Crippen LogP contribution in [0, 0.1) is 0 Å². The highest BCUT2D eigenvalue weighted by Gasteiger charge is 2.20. The van der Waals surface area contributed by atoms with Gasteiger partial charge in [0.25, 0.3) is 0 Å². The van der Waals surface area contributed by atoms with E-state index in [4.69, 9.17) is 9.72 Å². The maximum atomic E-state index is 13.0. The number of rotatable bonds is 8. The van der Waals surface area contributed by atoms with Crippen LogP contribution in [0.2, 0.25) is 0 Å². The largest absolute Gasteiger partial charge is 0.497 e. The Bertz CT molecular complexity index is 899. The maximum Gasteiger partial charge on any atom is 0.229 e. The van der Waals surface area contributed by atoms with Gasteiger partial charge in [0, 0.05) is 19.5 Å². The molecule has 7 heteroatoms. The molecule has 0 spiro atoms. The Morgan fingerprint density at radius 3 is 2.54 bits per heavy atom. The SMILES string of the molecule is COc1ccc2nc(N(CCN(C)C)C(=O)CCc3ccccc3)sc2c1.Cl. The molecule has 0 aliphatic carbocycles. The predicted octanol–water partition coefficient (Wildman–Crippen LogP) is 4.25. The zero-order valence-corrected chi connectivity index (χ0v) is 18.1. The van der Waals surface area contributed by atoms with E-state index in [-0.39, 0.29) is 18.3 Å². The summed E-state index contributed by atoms with van der Waals surface area (Å²) in [6, 6.07) is 15.9. The van der Waals surface area contributed by atoms with Gasteiger partial charge in [-0.15, -0.1) is 12.4 Å². The number of nitrogens with zero attached hydrogens (tertiary/aromatic N) is 3. The standard InChI is InChI=1S/C21H25N3O2S.ClH/c1-23(2)13-14-24(20(25)12-9-16-7-5-4-6-8-16)21-22-18-11-10-17(26-3)15-19(18)27-21;/h4-8,10-11,15H,9,12-14H2,1-3H3;1H. The molecule has 0 radical (unpaired) electrons. The summed E-state index contributed by atoms with van der Waals surface area (Å²) in [6.45, 7) is 1.41. The Hall–Kier alpha value is -2.15. The molecule has 1 amide bonds. The molecule has 5 nitrogen and oxygen atoms in total. The van der Waals surface area contributed by atoms with Gasteiger partial charge in [-0.1, -0.05) is 41.7 Å². The maximum absolute atomic E-state index is 13.0. The molecule has 0 unspecified atom stereocenters. The van der Waals surface area contributed by atoms with Gasteiger partial charge in [0.15, 0.2) is 5.13 Å². The van der Waals surface area contributed by atoms with Crippen LogP contribution in [-0.2, 0) is 11.2 Å². The number of fused-ring (bicyclic) bond motifs is 1. The molecule has 1 heterocycles. The fraction of sp³-hybridized carbons (Fsp3) is 0.333. The number of benzene rings is 2. The first-order chi connectivity index (χ1) is 13.1. The summed E-state index contributed by atoms with van der Waals surface area (Å²) in [6.07, 6.45) is 1.20.